The lowest BCUT2D eigenvalue weighted by atomic mass is 10.1. The molecule has 15 heavy (non-hydrogen) atoms. The molecule has 0 aliphatic rings. The van der Waals surface area contributed by atoms with Crippen molar-refractivity contribution in [2.24, 2.45) is 0 Å². The molecule has 0 fully saturated rings. The van der Waals surface area contributed by atoms with E-state index in [0.717, 1.165) is 18.7 Å². The van der Waals surface area contributed by atoms with Crippen LogP contribution in [0.3, 0.4) is 0 Å². The summed E-state index contributed by atoms with van der Waals surface area (Å²) >= 11 is 0. The first-order valence-corrected chi connectivity index (χ1v) is 5.36. The summed E-state index contributed by atoms with van der Waals surface area (Å²) in [6.45, 7) is 5.09. The Hall–Kier alpha value is -1.57. The molecule has 0 unspecified atom stereocenters. The number of aromatic nitrogens is 2. The Kier molecular flexibility index (Phi) is 2.86. The van der Waals surface area contributed by atoms with Crippen molar-refractivity contribution >= 4 is 0 Å². The highest BCUT2D eigenvalue weighted by molar-refractivity contribution is 5.21. The molecule has 0 N–H and O–H groups in total. The number of rotatable bonds is 3. The summed E-state index contributed by atoms with van der Waals surface area (Å²) < 4.78 is 1.99. The van der Waals surface area contributed by atoms with Gasteiger partial charge in [0.25, 0.3) is 0 Å². The fourth-order valence-corrected chi connectivity index (χ4v) is 1.56. The van der Waals surface area contributed by atoms with E-state index >= 15 is 0 Å². The van der Waals surface area contributed by atoms with Crippen LogP contribution >= 0.6 is 0 Å². The van der Waals surface area contributed by atoms with E-state index in [1.165, 1.54) is 11.1 Å². The summed E-state index contributed by atoms with van der Waals surface area (Å²) in [5.41, 5.74) is 3.75. The maximum atomic E-state index is 4.46. The van der Waals surface area contributed by atoms with Gasteiger partial charge in [0.1, 0.15) is 0 Å². The molecule has 2 nitrogen and oxygen atoms in total. The van der Waals surface area contributed by atoms with Gasteiger partial charge in [0.15, 0.2) is 0 Å². The third-order valence-electron chi connectivity index (χ3n) is 2.52. The first-order valence-electron chi connectivity index (χ1n) is 5.36. The van der Waals surface area contributed by atoms with Crippen LogP contribution < -0.4 is 0 Å². The monoisotopic (exact) mass is 200 g/mol. The molecule has 1 aromatic carbocycles. The van der Waals surface area contributed by atoms with Crippen LogP contribution in [0.25, 0.3) is 0 Å². The molecule has 1 heterocycles. The van der Waals surface area contributed by atoms with Crippen LogP contribution in [0, 0.1) is 6.92 Å². The molecule has 0 spiro atoms. The van der Waals surface area contributed by atoms with Crippen LogP contribution in [0.2, 0.25) is 0 Å². The van der Waals surface area contributed by atoms with Gasteiger partial charge >= 0.3 is 0 Å². The van der Waals surface area contributed by atoms with Crippen molar-refractivity contribution in [3.05, 3.63) is 53.3 Å². The van der Waals surface area contributed by atoms with Crippen LogP contribution in [0.15, 0.2) is 36.5 Å². The smallest absolute Gasteiger partial charge is 0.0659 e. The van der Waals surface area contributed by atoms with E-state index in [1.54, 1.807) is 0 Å². The molecule has 0 radical (unpaired) electrons. The minimum atomic E-state index is 0.861. The number of nitrogens with zero attached hydrogens (tertiary/aromatic N) is 2. The first kappa shape index (κ1) is 9.97. The highest BCUT2D eigenvalue weighted by Crippen LogP contribution is 2.05. The first-order chi connectivity index (χ1) is 7.28. The molecule has 2 heteroatoms. The van der Waals surface area contributed by atoms with Gasteiger partial charge in [-0.3, -0.25) is 4.68 Å². The Labute approximate surface area is 90.6 Å². The number of benzene rings is 1. The predicted molar refractivity (Wildman–Crippen MR) is 61.9 cm³/mol. The second-order valence-electron chi connectivity index (χ2n) is 3.84. The van der Waals surface area contributed by atoms with E-state index in [-0.39, 0.29) is 0 Å². The highest BCUT2D eigenvalue weighted by Gasteiger charge is 1.97. The lowest BCUT2D eigenvalue weighted by Crippen LogP contribution is -2.00. The second-order valence-corrected chi connectivity index (χ2v) is 3.84. The van der Waals surface area contributed by atoms with Crippen molar-refractivity contribution in [3.8, 4) is 0 Å². The van der Waals surface area contributed by atoms with E-state index in [2.05, 4.69) is 49.3 Å². The Morgan fingerprint density at radius 2 is 1.87 bits per heavy atom. The van der Waals surface area contributed by atoms with Gasteiger partial charge < -0.3 is 0 Å². The van der Waals surface area contributed by atoms with Gasteiger partial charge in [0.05, 0.1) is 12.2 Å². The van der Waals surface area contributed by atoms with Gasteiger partial charge in [-0.25, -0.2) is 0 Å². The molecule has 2 aromatic rings. The van der Waals surface area contributed by atoms with Gasteiger partial charge in [0.2, 0.25) is 0 Å². The van der Waals surface area contributed by atoms with Crippen LogP contribution in [-0.2, 0) is 13.0 Å². The molecule has 0 atom stereocenters. The minimum Gasteiger partial charge on any atom is -0.268 e. The number of hydrogen-bond donors (Lipinski definition) is 0. The Morgan fingerprint density at radius 3 is 2.47 bits per heavy atom. The molecule has 0 saturated heterocycles. The highest BCUT2D eigenvalue weighted by atomic mass is 15.3. The average Bonchev–Trinajstić information content (AvgIpc) is 2.69. The summed E-state index contributed by atoms with van der Waals surface area (Å²) in [4.78, 5) is 0. The summed E-state index contributed by atoms with van der Waals surface area (Å²) in [5.74, 6) is 0. The zero-order chi connectivity index (χ0) is 10.7. The molecule has 0 aliphatic heterocycles. The summed E-state index contributed by atoms with van der Waals surface area (Å²) in [7, 11) is 0. The van der Waals surface area contributed by atoms with Crippen molar-refractivity contribution in [1.29, 1.82) is 0 Å². The quantitative estimate of drug-likeness (QED) is 0.745. The molecule has 0 bridgehead atoms. The SMILES string of the molecule is CCc1ccn(Cc2ccc(C)cc2)n1. The van der Waals surface area contributed by atoms with Crippen LogP contribution in [0.4, 0.5) is 0 Å². The van der Waals surface area contributed by atoms with E-state index in [0.29, 0.717) is 0 Å². The van der Waals surface area contributed by atoms with Crippen LogP contribution in [0.5, 0.6) is 0 Å². The van der Waals surface area contributed by atoms with Crippen LogP contribution in [0.1, 0.15) is 23.7 Å². The van der Waals surface area contributed by atoms with Crippen LogP contribution in [-0.4, -0.2) is 9.78 Å². The summed E-state index contributed by atoms with van der Waals surface area (Å²) in [6, 6.07) is 10.7. The maximum Gasteiger partial charge on any atom is 0.0659 e. The normalized spacial score (nSPS) is 10.5. The molecule has 0 amide bonds. The zero-order valence-corrected chi connectivity index (χ0v) is 9.27. The molecule has 0 saturated carbocycles. The summed E-state index contributed by atoms with van der Waals surface area (Å²) in [5, 5.41) is 4.46. The largest absolute Gasteiger partial charge is 0.268 e. The summed E-state index contributed by atoms with van der Waals surface area (Å²) in [6.07, 6.45) is 3.04. The van der Waals surface area contributed by atoms with E-state index < -0.39 is 0 Å². The molecule has 1 aromatic heterocycles. The lowest BCUT2D eigenvalue weighted by molar-refractivity contribution is 0.673. The number of aryl methyl sites for hydroxylation is 2. The topological polar surface area (TPSA) is 17.8 Å². The number of hydrogen-bond acceptors (Lipinski definition) is 1. The fourth-order valence-electron chi connectivity index (χ4n) is 1.56. The third-order valence-corrected chi connectivity index (χ3v) is 2.52. The molecule has 0 aliphatic carbocycles. The van der Waals surface area contributed by atoms with Gasteiger partial charge in [-0.05, 0) is 25.0 Å². The predicted octanol–water partition coefficient (Wildman–Crippen LogP) is 2.80. The average molecular weight is 200 g/mol. The molecular weight excluding hydrogens is 184 g/mol. The Bertz CT molecular complexity index is 426. The maximum absolute atomic E-state index is 4.46. The lowest BCUT2D eigenvalue weighted by Gasteiger charge is -2.02. The Morgan fingerprint density at radius 1 is 1.13 bits per heavy atom. The van der Waals surface area contributed by atoms with Gasteiger partial charge in [-0.15, -0.1) is 0 Å². The van der Waals surface area contributed by atoms with E-state index in [4.69, 9.17) is 0 Å². The van der Waals surface area contributed by atoms with E-state index in [1.807, 2.05) is 10.9 Å². The molecule has 78 valence electrons. The Balaban J connectivity index is 2.11. The van der Waals surface area contributed by atoms with Gasteiger partial charge in [-0.2, -0.15) is 5.10 Å². The van der Waals surface area contributed by atoms with Gasteiger partial charge in [0, 0.05) is 6.20 Å². The fraction of sp³-hybridized carbons (Fsp3) is 0.308. The second kappa shape index (κ2) is 4.30. The minimum absolute atomic E-state index is 0.861. The third kappa shape index (κ3) is 2.46. The standard InChI is InChI=1S/C13H16N2/c1-3-13-8-9-15(14-13)10-12-6-4-11(2)5-7-12/h4-9H,3,10H2,1-2H3. The molecule has 2 rings (SSSR count). The van der Waals surface area contributed by atoms with Crippen molar-refractivity contribution < 1.29 is 0 Å². The van der Waals surface area contributed by atoms with Crippen molar-refractivity contribution in [2.75, 3.05) is 0 Å². The zero-order valence-electron chi connectivity index (χ0n) is 9.27. The van der Waals surface area contributed by atoms with Crippen molar-refractivity contribution in [2.45, 2.75) is 26.8 Å². The molecular formula is C13H16N2. The van der Waals surface area contributed by atoms with Gasteiger partial charge in [-0.1, -0.05) is 36.8 Å². The van der Waals surface area contributed by atoms with E-state index in [9.17, 15) is 0 Å². The van der Waals surface area contributed by atoms with Crippen molar-refractivity contribution in [3.63, 3.8) is 0 Å². The van der Waals surface area contributed by atoms with Crippen molar-refractivity contribution in [1.82, 2.24) is 9.78 Å².